The molecule has 0 saturated heterocycles. The minimum atomic E-state index is -1.04. The van der Waals surface area contributed by atoms with Crippen molar-refractivity contribution < 1.29 is 23.8 Å². The Morgan fingerprint density at radius 2 is 2.06 bits per heavy atom. The van der Waals surface area contributed by atoms with Crippen molar-refractivity contribution in [3.8, 4) is 22.2 Å². The van der Waals surface area contributed by atoms with E-state index in [-0.39, 0.29) is 12.3 Å². The molecule has 1 amide bonds. The second-order valence-corrected chi connectivity index (χ2v) is 10.6. The second kappa shape index (κ2) is 8.30. The van der Waals surface area contributed by atoms with Gasteiger partial charge in [-0.15, -0.1) is 11.3 Å². The summed E-state index contributed by atoms with van der Waals surface area (Å²) >= 11 is 1.44. The molecule has 1 N–H and O–H groups in total. The quantitative estimate of drug-likeness (QED) is 0.401. The predicted octanol–water partition coefficient (Wildman–Crippen LogP) is 5.44. The largest absolute Gasteiger partial charge is 0.485 e. The molecule has 1 atom stereocenters. The lowest BCUT2D eigenvalue weighted by Crippen LogP contribution is -2.49. The van der Waals surface area contributed by atoms with Crippen LogP contribution in [0.2, 0.25) is 0 Å². The lowest BCUT2D eigenvalue weighted by atomic mass is 10.0. The van der Waals surface area contributed by atoms with Gasteiger partial charge in [0.05, 0.1) is 41.1 Å². The van der Waals surface area contributed by atoms with Gasteiger partial charge in [0.25, 0.3) is 0 Å². The fraction of sp³-hybridized carbons (Fsp3) is 0.360. The summed E-state index contributed by atoms with van der Waals surface area (Å²) < 4.78 is 27.0. The molecule has 0 bridgehead atoms. The first kappa shape index (κ1) is 23.2. The lowest BCUT2D eigenvalue weighted by molar-refractivity contribution is 0.0700. The number of methoxy groups -OCH3 is 1. The number of nitrogens with zero attached hydrogens (tertiary/aromatic N) is 4. The van der Waals surface area contributed by atoms with Gasteiger partial charge in [-0.1, -0.05) is 0 Å². The van der Waals surface area contributed by atoms with Crippen LogP contribution in [0.3, 0.4) is 0 Å². The van der Waals surface area contributed by atoms with Crippen LogP contribution >= 0.6 is 11.3 Å². The molecular formula is C25H25FN4O4S. The van der Waals surface area contributed by atoms with Crippen LogP contribution in [0.4, 0.5) is 9.18 Å². The topological polar surface area (TPSA) is 97.7 Å². The maximum atomic E-state index is 15.0. The summed E-state index contributed by atoms with van der Waals surface area (Å²) in [6.07, 6.45) is 0.445. The Balaban J connectivity index is 1.56. The number of carbonyl (C=O) groups is 1. The molecule has 8 nitrogen and oxygen atoms in total. The number of benzene rings is 2. The number of thiazole rings is 1. The van der Waals surface area contributed by atoms with Crippen molar-refractivity contribution in [2.45, 2.75) is 45.8 Å². The molecule has 0 unspecified atom stereocenters. The van der Waals surface area contributed by atoms with E-state index in [1.54, 1.807) is 13.3 Å². The SMILES string of the molecule is COc1cnc2c(-c3nc4cc(F)c5c(c4s3)C[C@H](CN(C(=O)O)C(C)(C)C)O5)cc(C)cc2n1. The fourth-order valence-electron chi connectivity index (χ4n) is 4.40. The maximum absolute atomic E-state index is 15.0. The zero-order chi connectivity index (χ0) is 25.1. The molecular weight excluding hydrogens is 471 g/mol. The van der Waals surface area contributed by atoms with Crippen LogP contribution in [0, 0.1) is 12.7 Å². The van der Waals surface area contributed by atoms with E-state index in [9.17, 15) is 9.90 Å². The highest BCUT2D eigenvalue weighted by Gasteiger charge is 2.35. The number of aromatic nitrogens is 3. The molecule has 10 heteroatoms. The van der Waals surface area contributed by atoms with E-state index in [2.05, 4.69) is 9.97 Å². The van der Waals surface area contributed by atoms with Gasteiger partial charge in [0, 0.05) is 29.2 Å². The van der Waals surface area contributed by atoms with Crippen molar-refractivity contribution >= 4 is 38.7 Å². The highest BCUT2D eigenvalue weighted by atomic mass is 32.1. The zero-order valence-corrected chi connectivity index (χ0v) is 20.9. The van der Waals surface area contributed by atoms with Gasteiger partial charge in [-0.3, -0.25) is 4.90 Å². The first-order valence-electron chi connectivity index (χ1n) is 11.2. The Labute approximate surface area is 205 Å². The van der Waals surface area contributed by atoms with E-state index < -0.39 is 23.6 Å². The van der Waals surface area contributed by atoms with Gasteiger partial charge in [0.15, 0.2) is 11.6 Å². The van der Waals surface area contributed by atoms with Gasteiger partial charge < -0.3 is 14.6 Å². The molecule has 0 spiro atoms. The van der Waals surface area contributed by atoms with E-state index in [0.717, 1.165) is 21.4 Å². The fourth-order valence-corrected chi connectivity index (χ4v) is 5.51. The molecule has 1 aliphatic heterocycles. The highest BCUT2D eigenvalue weighted by Crippen LogP contribution is 2.43. The minimum absolute atomic E-state index is 0.139. The third-order valence-corrected chi connectivity index (χ3v) is 7.20. The predicted molar refractivity (Wildman–Crippen MR) is 132 cm³/mol. The molecule has 4 aromatic rings. The summed E-state index contributed by atoms with van der Waals surface area (Å²) in [6.45, 7) is 7.57. The molecule has 0 radical (unpaired) electrons. The number of amides is 1. The molecule has 0 saturated carbocycles. The van der Waals surface area contributed by atoms with E-state index in [0.29, 0.717) is 33.9 Å². The molecule has 2 aromatic carbocycles. The van der Waals surface area contributed by atoms with Gasteiger partial charge in [-0.25, -0.2) is 24.1 Å². The van der Waals surface area contributed by atoms with E-state index in [1.807, 2.05) is 39.8 Å². The molecule has 35 heavy (non-hydrogen) atoms. The Morgan fingerprint density at radius 3 is 2.74 bits per heavy atom. The third-order valence-electron chi connectivity index (χ3n) is 6.03. The number of carboxylic acid groups (broad SMARTS) is 1. The summed E-state index contributed by atoms with van der Waals surface area (Å²) in [5, 5.41) is 10.4. The Hall–Kier alpha value is -3.53. The second-order valence-electron chi connectivity index (χ2n) is 9.63. The Kier molecular flexibility index (Phi) is 5.51. The average Bonchev–Trinajstić information content (AvgIpc) is 3.40. The van der Waals surface area contributed by atoms with Gasteiger partial charge >= 0.3 is 6.09 Å². The van der Waals surface area contributed by atoms with Crippen LogP contribution in [0.25, 0.3) is 31.8 Å². The Bertz CT molecular complexity index is 1480. The number of ether oxygens (including phenoxy) is 2. The summed E-state index contributed by atoms with van der Waals surface area (Å²) in [6, 6.07) is 5.30. The maximum Gasteiger partial charge on any atom is 0.407 e. The van der Waals surface area contributed by atoms with E-state index >= 15 is 4.39 Å². The van der Waals surface area contributed by atoms with Crippen LogP contribution in [0.5, 0.6) is 11.6 Å². The monoisotopic (exact) mass is 496 g/mol. The van der Waals surface area contributed by atoms with Crippen LogP contribution in [-0.4, -0.2) is 56.3 Å². The van der Waals surface area contributed by atoms with Crippen molar-refractivity contribution in [2.75, 3.05) is 13.7 Å². The molecule has 3 heterocycles. The minimum Gasteiger partial charge on any atom is -0.485 e. The number of hydrogen-bond acceptors (Lipinski definition) is 7. The standard InChI is InChI=1S/C25H25FN4O4S/c1-12-6-14(20-17(7-12)28-19(33-5)10-27-20)23-29-18-9-16(26)21-15(22(18)35-23)8-13(34-21)11-30(24(31)32)25(2,3)4/h6-7,9-10,13H,8,11H2,1-5H3,(H,31,32)/t13-/m1/s1. The van der Waals surface area contributed by atoms with Crippen molar-refractivity contribution in [1.29, 1.82) is 0 Å². The number of halogens is 1. The third kappa shape index (κ3) is 4.12. The highest BCUT2D eigenvalue weighted by molar-refractivity contribution is 7.22. The van der Waals surface area contributed by atoms with Crippen molar-refractivity contribution in [2.24, 2.45) is 0 Å². The van der Waals surface area contributed by atoms with Crippen LogP contribution < -0.4 is 9.47 Å². The van der Waals surface area contributed by atoms with Crippen molar-refractivity contribution in [3.63, 3.8) is 0 Å². The molecule has 2 aromatic heterocycles. The van der Waals surface area contributed by atoms with Crippen LogP contribution in [0.1, 0.15) is 31.9 Å². The molecule has 0 fully saturated rings. The Morgan fingerprint density at radius 1 is 1.29 bits per heavy atom. The summed E-state index contributed by atoms with van der Waals surface area (Å²) in [7, 11) is 1.54. The summed E-state index contributed by atoms with van der Waals surface area (Å²) in [5.74, 6) is 0.103. The number of fused-ring (bicyclic) bond motifs is 4. The molecule has 5 rings (SSSR count). The molecule has 1 aliphatic rings. The zero-order valence-electron chi connectivity index (χ0n) is 20.0. The molecule has 0 aliphatic carbocycles. The lowest BCUT2D eigenvalue weighted by Gasteiger charge is -2.34. The first-order valence-corrected chi connectivity index (χ1v) is 12.0. The number of hydrogen-bond donors (Lipinski definition) is 1. The van der Waals surface area contributed by atoms with Gasteiger partial charge in [0.2, 0.25) is 5.88 Å². The van der Waals surface area contributed by atoms with Gasteiger partial charge in [-0.2, -0.15) is 0 Å². The van der Waals surface area contributed by atoms with Crippen LogP contribution in [0.15, 0.2) is 24.4 Å². The first-order chi connectivity index (χ1) is 16.5. The van der Waals surface area contributed by atoms with E-state index in [4.69, 9.17) is 14.5 Å². The van der Waals surface area contributed by atoms with Crippen molar-refractivity contribution in [3.05, 3.63) is 41.3 Å². The number of rotatable bonds is 4. The summed E-state index contributed by atoms with van der Waals surface area (Å²) in [5.41, 5.74) is 3.82. The smallest absolute Gasteiger partial charge is 0.407 e. The van der Waals surface area contributed by atoms with Gasteiger partial charge in [-0.05, 0) is 45.4 Å². The average molecular weight is 497 g/mol. The molecule has 182 valence electrons. The summed E-state index contributed by atoms with van der Waals surface area (Å²) in [4.78, 5) is 26.9. The van der Waals surface area contributed by atoms with E-state index in [1.165, 1.54) is 22.3 Å². The van der Waals surface area contributed by atoms with Gasteiger partial charge in [0.1, 0.15) is 11.1 Å². The van der Waals surface area contributed by atoms with Crippen LogP contribution in [-0.2, 0) is 6.42 Å². The normalized spacial score (nSPS) is 15.3. The number of aryl methyl sites for hydroxylation is 1. The van der Waals surface area contributed by atoms with Crippen molar-refractivity contribution in [1.82, 2.24) is 19.9 Å².